The van der Waals surface area contributed by atoms with Crippen molar-refractivity contribution < 1.29 is 5.11 Å². The summed E-state index contributed by atoms with van der Waals surface area (Å²) in [5, 5.41) is 7.33. The number of aliphatic hydroxyl groups excluding tert-OH is 1. The van der Waals surface area contributed by atoms with Crippen LogP contribution in [-0.4, -0.2) is 5.11 Å². The van der Waals surface area contributed by atoms with Gasteiger partial charge in [-0.05, 0) is 6.92 Å². The summed E-state index contributed by atoms with van der Waals surface area (Å²) >= 11 is 0. The molecule has 1 nitrogen and oxygen atoms in total. The van der Waals surface area contributed by atoms with E-state index in [2.05, 4.69) is 39.5 Å². The average molecular weight is 222 g/mol. The van der Waals surface area contributed by atoms with Crippen LogP contribution in [0.1, 0.15) is 45.1 Å². The highest BCUT2D eigenvalue weighted by Crippen LogP contribution is 1.95. The second-order valence-electron chi connectivity index (χ2n) is 3.54. The fourth-order valence-electron chi connectivity index (χ4n) is 1.03. The summed E-state index contributed by atoms with van der Waals surface area (Å²) < 4.78 is 0. The molecule has 0 aliphatic heterocycles. The van der Waals surface area contributed by atoms with E-state index in [0.717, 1.165) is 6.26 Å². The Balaban J connectivity index is 0. The Kier molecular flexibility index (Phi) is 17.4. The van der Waals surface area contributed by atoms with Crippen LogP contribution in [0.15, 0.2) is 43.2 Å². The zero-order valence-electron chi connectivity index (χ0n) is 10.9. The molecule has 1 heteroatoms. The lowest BCUT2D eigenvalue weighted by Gasteiger charge is -1.86. The molecule has 0 radical (unpaired) electrons. The van der Waals surface area contributed by atoms with Crippen LogP contribution in [0, 0.1) is 6.92 Å². The summed E-state index contributed by atoms with van der Waals surface area (Å²) in [6, 6.07) is 10.3. The Hall–Kier alpha value is -1.24. The maximum absolute atomic E-state index is 7.33. The van der Waals surface area contributed by atoms with E-state index >= 15 is 0 Å². The summed E-state index contributed by atoms with van der Waals surface area (Å²) in [6.45, 7) is 9.46. The van der Waals surface area contributed by atoms with Crippen molar-refractivity contribution in [1.29, 1.82) is 0 Å². The van der Waals surface area contributed by atoms with Gasteiger partial charge < -0.3 is 5.11 Å². The monoisotopic (exact) mass is 222 g/mol. The molecule has 0 saturated heterocycles. The molecule has 0 amide bonds. The quantitative estimate of drug-likeness (QED) is 0.545. The second-order valence-corrected chi connectivity index (χ2v) is 3.54. The number of aryl methyl sites for hydroxylation is 1. The van der Waals surface area contributed by atoms with Crippen LogP contribution in [0.25, 0.3) is 0 Å². The van der Waals surface area contributed by atoms with E-state index in [0.29, 0.717) is 0 Å². The van der Waals surface area contributed by atoms with Gasteiger partial charge in [-0.3, -0.25) is 0 Å². The van der Waals surface area contributed by atoms with Gasteiger partial charge in [-0.15, -0.1) is 0 Å². The molecule has 0 saturated carbocycles. The summed E-state index contributed by atoms with van der Waals surface area (Å²) in [4.78, 5) is 0. The van der Waals surface area contributed by atoms with E-state index in [4.69, 9.17) is 5.11 Å². The van der Waals surface area contributed by atoms with E-state index in [1.165, 1.54) is 31.2 Å². The van der Waals surface area contributed by atoms with Crippen LogP contribution in [-0.2, 0) is 0 Å². The Labute approximate surface area is 101 Å². The van der Waals surface area contributed by atoms with E-state index in [1.54, 1.807) is 0 Å². The van der Waals surface area contributed by atoms with Crippen LogP contribution < -0.4 is 0 Å². The third-order valence-corrected chi connectivity index (χ3v) is 1.90. The van der Waals surface area contributed by atoms with Crippen molar-refractivity contribution in [2.45, 2.75) is 46.5 Å². The molecular weight excluding hydrogens is 196 g/mol. The first-order valence-electron chi connectivity index (χ1n) is 5.99. The minimum Gasteiger partial charge on any atom is -0.516 e. The molecule has 0 unspecified atom stereocenters. The summed E-state index contributed by atoms with van der Waals surface area (Å²) in [5.74, 6) is 0. The lowest BCUT2D eigenvalue weighted by Crippen LogP contribution is -1.66. The van der Waals surface area contributed by atoms with Crippen LogP contribution in [0.4, 0.5) is 0 Å². The number of aliphatic hydroxyl groups is 1. The van der Waals surface area contributed by atoms with Gasteiger partial charge in [0.2, 0.25) is 0 Å². The molecule has 1 aromatic carbocycles. The van der Waals surface area contributed by atoms with Crippen LogP contribution in [0.3, 0.4) is 0 Å². The van der Waals surface area contributed by atoms with Gasteiger partial charge in [0.25, 0.3) is 0 Å². The summed E-state index contributed by atoms with van der Waals surface area (Å²) in [6.07, 6.45) is 6.29. The van der Waals surface area contributed by atoms with Crippen LogP contribution in [0.5, 0.6) is 0 Å². The lowest BCUT2D eigenvalue weighted by atomic mass is 10.2. The largest absolute Gasteiger partial charge is 0.516 e. The van der Waals surface area contributed by atoms with Crippen molar-refractivity contribution in [1.82, 2.24) is 0 Å². The average Bonchev–Trinajstić information content (AvgIpc) is 2.29. The van der Waals surface area contributed by atoms with Crippen molar-refractivity contribution in [3.63, 3.8) is 0 Å². The van der Waals surface area contributed by atoms with Gasteiger partial charge in [0.05, 0.1) is 6.26 Å². The fourth-order valence-corrected chi connectivity index (χ4v) is 1.03. The molecule has 16 heavy (non-hydrogen) atoms. The smallest absolute Gasteiger partial charge is 0.0719 e. The molecule has 0 atom stereocenters. The topological polar surface area (TPSA) is 20.2 Å². The molecule has 0 heterocycles. The number of hydrogen-bond acceptors (Lipinski definition) is 1. The standard InChI is InChI=1S/C7H8.C6H14.C2H4O/c1-7-5-3-2-4-6-7;1-3-5-6-4-2;1-2-3/h2-6H,1H3;3-6H2,1-2H3;2-3H,1H2. The highest BCUT2D eigenvalue weighted by atomic mass is 16.2. The number of hydrogen-bond donors (Lipinski definition) is 1. The molecule has 92 valence electrons. The van der Waals surface area contributed by atoms with Crippen LogP contribution >= 0.6 is 0 Å². The van der Waals surface area contributed by atoms with Gasteiger partial charge in [-0.2, -0.15) is 0 Å². The van der Waals surface area contributed by atoms with Crippen molar-refractivity contribution in [3.8, 4) is 0 Å². The maximum Gasteiger partial charge on any atom is 0.0719 e. The lowest BCUT2D eigenvalue weighted by molar-refractivity contribution is 0.476. The predicted octanol–water partition coefficient (Wildman–Crippen LogP) is 5.27. The predicted molar refractivity (Wildman–Crippen MR) is 73.8 cm³/mol. The molecule has 1 rings (SSSR count). The van der Waals surface area contributed by atoms with Gasteiger partial charge in [-0.25, -0.2) is 0 Å². The minimum absolute atomic E-state index is 0.750. The van der Waals surface area contributed by atoms with E-state index in [1.807, 2.05) is 18.2 Å². The Morgan fingerprint density at radius 2 is 1.44 bits per heavy atom. The molecule has 0 fully saturated rings. The van der Waals surface area contributed by atoms with Crippen molar-refractivity contribution in [2.24, 2.45) is 0 Å². The molecule has 0 aliphatic carbocycles. The van der Waals surface area contributed by atoms with Gasteiger partial charge in [0.1, 0.15) is 0 Å². The van der Waals surface area contributed by atoms with E-state index in [9.17, 15) is 0 Å². The van der Waals surface area contributed by atoms with Gasteiger partial charge >= 0.3 is 0 Å². The first kappa shape index (κ1) is 17.2. The molecule has 0 aromatic heterocycles. The maximum atomic E-state index is 7.33. The zero-order valence-corrected chi connectivity index (χ0v) is 10.9. The summed E-state index contributed by atoms with van der Waals surface area (Å²) in [5.41, 5.74) is 1.32. The highest BCUT2D eigenvalue weighted by Gasteiger charge is 1.75. The summed E-state index contributed by atoms with van der Waals surface area (Å²) in [7, 11) is 0. The number of benzene rings is 1. The fraction of sp³-hybridized carbons (Fsp3) is 0.467. The van der Waals surface area contributed by atoms with Gasteiger partial charge in [-0.1, -0.05) is 82.0 Å². The second kappa shape index (κ2) is 16.2. The Morgan fingerprint density at radius 3 is 1.62 bits per heavy atom. The van der Waals surface area contributed by atoms with Gasteiger partial charge in [0, 0.05) is 0 Å². The molecule has 1 N–H and O–H groups in total. The van der Waals surface area contributed by atoms with Crippen LogP contribution in [0.2, 0.25) is 0 Å². The molecule has 0 aliphatic rings. The third kappa shape index (κ3) is 18.5. The normalized spacial score (nSPS) is 7.94. The molecule has 1 aromatic rings. The first-order valence-corrected chi connectivity index (χ1v) is 5.99. The van der Waals surface area contributed by atoms with Crippen molar-refractivity contribution >= 4 is 0 Å². The highest BCUT2D eigenvalue weighted by molar-refractivity contribution is 5.11. The SMILES string of the molecule is C=CO.CCCCCC.Cc1ccccc1. The minimum atomic E-state index is 0.750. The number of unbranched alkanes of at least 4 members (excludes halogenated alkanes) is 3. The van der Waals surface area contributed by atoms with Gasteiger partial charge in [0.15, 0.2) is 0 Å². The van der Waals surface area contributed by atoms with Crippen molar-refractivity contribution in [3.05, 3.63) is 48.7 Å². The Morgan fingerprint density at radius 1 is 1.06 bits per heavy atom. The number of rotatable bonds is 3. The van der Waals surface area contributed by atoms with Crippen molar-refractivity contribution in [2.75, 3.05) is 0 Å². The Bertz CT molecular complexity index is 212. The molecule has 0 spiro atoms. The van der Waals surface area contributed by atoms with E-state index in [-0.39, 0.29) is 0 Å². The first-order chi connectivity index (χ1) is 7.72. The molecular formula is C15H26O. The molecule has 0 bridgehead atoms. The zero-order chi connectivity index (χ0) is 12.6. The third-order valence-electron chi connectivity index (χ3n) is 1.90. The van der Waals surface area contributed by atoms with E-state index < -0.39 is 0 Å².